The molecular weight excluding hydrogens is 227 g/mol. The summed E-state index contributed by atoms with van der Waals surface area (Å²) in [6, 6.07) is 3.48. The Hall–Kier alpha value is -1.79. The topological polar surface area (TPSA) is 53.2 Å². The van der Waals surface area contributed by atoms with Crippen LogP contribution in [-0.2, 0) is 9.53 Å². The summed E-state index contributed by atoms with van der Waals surface area (Å²) < 4.78 is 41.7. The second-order valence-electron chi connectivity index (χ2n) is 2.98. The number of halogens is 3. The van der Waals surface area contributed by atoms with Crippen molar-refractivity contribution in [3.05, 3.63) is 35.3 Å². The van der Waals surface area contributed by atoms with Crippen LogP contribution in [0.4, 0.5) is 13.2 Å². The maximum absolute atomic E-state index is 12.5. The Balaban J connectivity index is 3.12. The first-order chi connectivity index (χ1) is 7.32. The molecule has 88 valence electrons. The molecule has 0 amide bonds. The number of carbonyl (C=O) groups is 1. The molecule has 4 nitrogen and oxygen atoms in total. The molecule has 1 heterocycles. The SMILES string of the molecule is CC(=O)OC(c1cccc[n+]1[O-])C(F)(F)F. The second-order valence-corrected chi connectivity index (χ2v) is 2.98. The van der Waals surface area contributed by atoms with Crippen LogP contribution in [0.2, 0.25) is 0 Å². The first kappa shape index (κ1) is 12.3. The first-order valence-electron chi connectivity index (χ1n) is 4.24. The molecule has 0 radical (unpaired) electrons. The fourth-order valence-corrected chi connectivity index (χ4v) is 1.11. The molecular formula is C9H8F3NO3. The van der Waals surface area contributed by atoms with Crippen molar-refractivity contribution in [2.24, 2.45) is 0 Å². The molecule has 1 rings (SSSR count). The zero-order valence-corrected chi connectivity index (χ0v) is 8.19. The van der Waals surface area contributed by atoms with Gasteiger partial charge in [0.2, 0.25) is 5.69 Å². The van der Waals surface area contributed by atoms with Crippen LogP contribution < -0.4 is 4.73 Å². The highest BCUT2D eigenvalue weighted by molar-refractivity contribution is 5.66. The molecule has 1 aromatic rings. The molecule has 0 spiro atoms. The zero-order valence-electron chi connectivity index (χ0n) is 8.19. The predicted molar refractivity (Wildman–Crippen MR) is 46.0 cm³/mol. The largest absolute Gasteiger partial charge is 0.618 e. The van der Waals surface area contributed by atoms with E-state index in [0.717, 1.165) is 19.2 Å². The minimum absolute atomic E-state index is 0.0150. The molecule has 1 aromatic heterocycles. The van der Waals surface area contributed by atoms with Crippen molar-refractivity contribution in [1.29, 1.82) is 0 Å². The number of hydrogen-bond donors (Lipinski definition) is 0. The summed E-state index contributed by atoms with van der Waals surface area (Å²) in [4.78, 5) is 10.6. The van der Waals surface area contributed by atoms with E-state index < -0.39 is 23.9 Å². The van der Waals surface area contributed by atoms with Crippen molar-refractivity contribution >= 4 is 5.97 Å². The summed E-state index contributed by atoms with van der Waals surface area (Å²) in [5.41, 5.74) is -0.676. The standard InChI is InChI=1S/C9H8F3NO3/c1-6(14)16-8(9(10,11)12)7-4-2-3-5-13(7)15/h2-5,8H,1H3. The minimum atomic E-state index is -4.82. The van der Waals surface area contributed by atoms with Crippen LogP contribution in [0.3, 0.4) is 0 Å². The summed E-state index contributed by atoms with van der Waals surface area (Å²) in [6.45, 7) is 0.844. The van der Waals surface area contributed by atoms with Crippen molar-refractivity contribution < 1.29 is 27.4 Å². The third kappa shape index (κ3) is 2.85. The van der Waals surface area contributed by atoms with Crippen molar-refractivity contribution in [1.82, 2.24) is 0 Å². The fraction of sp³-hybridized carbons (Fsp3) is 0.333. The molecule has 0 aliphatic carbocycles. The number of rotatable bonds is 2. The van der Waals surface area contributed by atoms with Gasteiger partial charge in [-0.05, 0) is 6.07 Å². The highest BCUT2D eigenvalue weighted by atomic mass is 19.4. The molecule has 0 fully saturated rings. The molecule has 0 saturated heterocycles. The van der Waals surface area contributed by atoms with E-state index >= 15 is 0 Å². The van der Waals surface area contributed by atoms with E-state index in [1.54, 1.807) is 0 Å². The molecule has 1 atom stereocenters. The summed E-state index contributed by atoms with van der Waals surface area (Å²) in [5, 5.41) is 11.1. The van der Waals surface area contributed by atoms with Crippen LogP contribution in [0.15, 0.2) is 24.4 Å². The summed E-state index contributed by atoms with van der Waals surface area (Å²) in [6.07, 6.45) is -6.46. The van der Waals surface area contributed by atoms with Gasteiger partial charge in [-0.1, -0.05) is 0 Å². The Labute approximate surface area is 88.8 Å². The van der Waals surface area contributed by atoms with Crippen molar-refractivity contribution in [2.45, 2.75) is 19.2 Å². The minimum Gasteiger partial charge on any atom is -0.618 e. The lowest BCUT2D eigenvalue weighted by Crippen LogP contribution is -2.39. The highest BCUT2D eigenvalue weighted by Gasteiger charge is 2.48. The number of carbonyl (C=O) groups excluding carboxylic acids is 1. The summed E-state index contributed by atoms with van der Waals surface area (Å²) >= 11 is 0. The van der Waals surface area contributed by atoms with Gasteiger partial charge in [-0.3, -0.25) is 4.79 Å². The smallest absolute Gasteiger partial charge is 0.436 e. The fourth-order valence-electron chi connectivity index (χ4n) is 1.11. The lowest BCUT2D eigenvalue weighted by atomic mass is 10.2. The molecule has 0 N–H and O–H groups in total. The molecule has 16 heavy (non-hydrogen) atoms. The van der Waals surface area contributed by atoms with Crippen molar-refractivity contribution in [2.75, 3.05) is 0 Å². The number of ether oxygens (including phenoxy) is 1. The Bertz CT molecular complexity index is 392. The maximum Gasteiger partial charge on any atom is 0.436 e. The van der Waals surface area contributed by atoms with E-state index in [4.69, 9.17) is 0 Å². The third-order valence-corrected chi connectivity index (χ3v) is 1.70. The Morgan fingerprint density at radius 3 is 2.56 bits per heavy atom. The third-order valence-electron chi connectivity index (χ3n) is 1.70. The molecule has 1 unspecified atom stereocenters. The highest BCUT2D eigenvalue weighted by Crippen LogP contribution is 2.34. The van der Waals surface area contributed by atoms with Crippen LogP contribution in [0, 0.1) is 5.21 Å². The van der Waals surface area contributed by atoms with Gasteiger partial charge in [-0.2, -0.15) is 17.9 Å². The number of nitrogens with zero attached hydrogens (tertiary/aromatic N) is 1. The van der Waals surface area contributed by atoms with Gasteiger partial charge in [0.15, 0.2) is 6.20 Å². The average molecular weight is 235 g/mol. The zero-order chi connectivity index (χ0) is 12.3. The summed E-state index contributed by atoms with van der Waals surface area (Å²) in [5.74, 6) is -1.11. The van der Waals surface area contributed by atoms with Crippen molar-refractivity contribution in [3.63, 3.8) is 0 Å². The Morgan fingerprint density at radius 2 is 2.12 bits per heavy atom. The van der Waals surface area contributed by atoms with Gasteiger partial charge in [0.1, 0.15) is 0 Å². The van der Waals surface area contributed by atoms with Gasteiger partial charge in [0.25, 0.3) is 6.10 Å². The monoisotopic (exact) mass is 235 g/mol. The molecule has 0 aliphatic rings. The molecule has 0 aromatic carbocycles. The lowest BCUT2D eigenvalue weighted by molar-refractivity contribution is -0.621. The quantitative estimate of drug-likeness (QED) is 0.443. The maximum atomic E-state index is 12.5. The van der Waals surface area contributed by atoms with Gasteiger partial charge in [0, 0.05) is 19.1 Å². The average Bonchev–Trinajstić information content (AvgIpc) is 2.13. The van der Waals surface area contributed by atoms with E-state index in [1.165, 1.54) is 12.1 Å². The van der Waals surface area contributed by atoms with Crippen molar-refractivity contribution in [3.8, 4) is 0 Å². The van der Waals surface area contributed by atoms with E-state index in [2.05, 4.69) is 4.74 Å². The van der Waals surface area contributed by atoms with Gasteiger partial charge in [0.05, 0.1) is 0 Å². The van der Waals surface area contributed by atoms with Gasteiger partial charge >= 0.3 is 12.1 Å². The summed E-state index contributed by atoms with van der Waals surface area (Å²) in [7, 11) is 0. The van der Waals surface area contributed by atoms with E-state index in [-0.39, 0.29) is 4.73 Å². The van der Waals surface area contributed by atoms with Gasteiger partial charge in [-0.15, -0.1) is 0 Å². The molecule has 0 saturated carbocycles. The number of esters is 1. The van der Waals surface area contributed by atoms with Gasteiger partial charge in [-0.25, -0.2) is 0 Å². The molecule has 7 heteroatoms. The predicted octanol–water partition coefficient (Wildman–Crippen LogP) is 1.49. The first-order valence-corrected chi connectivity index (χ1v) is 4.24. The van der Waals surface area contributed by atoms with Crippen LogP contribution in [0.5, 0.6) is 0 Å². The number of alkyl halides is 3. The van der Waals surface area contributed by atoms with E-state index in [9.17, 15) is 23.2 Å². The number of aromatic nitrogens is 1. The van der Waals surface area contributed by atoms with Crippen LogP contribution in [-0.4, -0.2) is 12.1 Å². The normalized spacial score (nSPS) is 13.2. The molecule has 0 bridgehead atoms. The number of pyridine rings is 1. The Kier molecular flexibility index (Phi) is 3.36. The van der Waals surface area contributed by atoms with Crippen LogP contribution in [0.25, 0.3) is 0 Å². The number of hydrogen-bond acceptors (Lipinski definition) is 3. The molecule has 0 aliphatic heterocycles. The van der Waals surface area contributed by atoms with E-state index in [1.807, 2.05) is 0 Å². The van der Waals surface area contributed by atoms with Crippen LogP contribution >= 0.6 is 0 Å². The van der Waals surface area contributed by atoms with Gasteiger partial charge < -0.3 is 9.94 Å². The van der Waals surface area contributed by atoms with Crippen LogP contribution in [0.1, 0.15) is 18.7 Å². The lowest BCUT2D eigenvalue weighted by Gasteiger charge is -2.18. The Morgan fingerprint density at radius 1 is 1.50 bits per heavy atom. The second kappa shape index (κ2) is 4.38. The van der Waals surface area contributed by atoms with E-state index in [0.29, 0.717) is 0 Å².